The van der Waals surface area contributed by atoms with Crippen LogP contribution in [0.1, 0.15) is 41.8 Å². The largest absolute Gasteiger partial charge is 0.425 e. The summed E-state index contributed by atoms with van der Waals surface area (Å²) in [5.74, 6) is -0.140. The van der Waals surface area contributed by atoms with Crippen molar-refractivity contribution in [3.63, 3.8) is 0 Å². The van der Waals surface area contributed by atoms with Gasteiger partial charge in [-0.3, -0.25) is 4.79 Å². The third kappa shape index (κ3) is 4.36. The summed E-state index contributed by atoms with van der Waals surface area (Å²) in [7, 11) is 0. The topological polar surface area (TPSA) is 34.5 Å². The van der Waals surface area contributed by atoms with Crippen molar-refractivity contribution in [2.45, 2.75) is 19.3 Å². The zero-order valence-electron chi connectivity index (χ0n) is 28.4. The molecule has 0 bridgehead atoms. The number of rotatable bonds is 4. The molecule has 0 radical (unpaired) electrons. The molecule has 2 heterocycles. The highest BCUT2D eigenvalue weighted by molar-refractivity contribution is 6.08. The molecule has 1 atom stereocenters. The smallest absolute Gasteiger partial charge is 0.322 e. The predicted molar refractivity (Wildman–Crippen MR) is 208 cm³/mol. The Morgan fingerprint density at radius 1 is 0.667 bits per heavy atom. The molecule has 1 aromatic heterocycles. The fourth-order valence-corrected chi connectivity index (χ4v) is 8.49. The van der Waals surface area contributed by atoms with Gasteiger partial charge in [-0.1, -0.05) is 117 Å². The van der Waals surface area contributed by atoms with E-state index in [1.54, 1.807) is 0 Å². The number of nitrogens with zero attached hydrogens (tertiary/aromatic N) is 2. The third-order valence-corrected chi connectivity index (χ3v) is 10.9. The number of hydrogen-bond donors (Lipinski definition) is 0. The summed E-state index contributed by atoms with van der Waals surface area (Å²) >= 11 is 0. The number of para-hydroxylation sites is 5. The number of esters is 1. The molecule has 3 aliphatic rings. The lowest BCUT2D eigenvalue weighted by molar-refractivity contribution is -0.136. The molecule has 7 aromatic rings. The standard InChI is InChI=1S/C47H34N2O2/c1-47(2)39-19-9-6-16-32(39)33-25-24-31(28-40(33)47)48(30-14-4-3-5-15-30)43-21-11-12-22-44(43)49-41-20-10-7-17-34(41)38-29-37-35-18-8-13-23-45(35)51-46(50)36(37)26-27-42(38)49/h3-29,36H,1-2H3. The summed E-state index contributed by atoms with van der Waals surface area (Å²) in [6.45, 7) is 4.66. The van der Waals surface area contributed by atoms with Gasteiger partial charge in [0.05, 0.1) is 22.6 Å². The average molecular weight is 659 g/mol. The van der Waals surface area contributed by atoms with Gasteiger partial charge in [0.1, 0.15) is 11.7 Å². The summed E-state index contributed by atoms with van der Waals surface area (Å²) in [6.07, 6.45) is 6.32. The molecule has 10 rings (SSSR count). The molecule has 1 unspecified atom stereocenters. The van der Waals surface area contributed by atoms with Crippen molar-refractivity contribution < 1.29 is 9.53 Å². The van der Waals surface area contributed by atoms with E-state index in [1.807, 2.05) is 30.3 Å². The molecule has 0 N–H and O–H groups in total. The predicted octanol–water partition coefficient (Wildman–Crippen LogP) is 11.5. The van der Waals surface area contributed by atoms with Gasteiger partial charge in [0.2, 0.25) is 0 Å². The molecule has 4 heteroatoms. The number of anilines is 3. The number of benzene rings is 6. The molecular weight excluding hydrogens is 625 g/mol. The van der Waals surface area contributed by atoms with E-state index >= 15 is 0 Å². The monoisotopic (exact) mass is 658 g/mol. The Balaban J connectivity index is 1.21. The van der Waals surface area contributed by atoms with E-state index < -0.39 is 5.92 Å². The molecule has 0 saturated heterocycles. The molecule has 2 aliphatic carbocycles. The SMILES string of the molecule is CC1(C)c2ccccc2-c2ccc(N(c3ccccc3)c3ccccc3-n3c4c(c5ccccc53)C=C3c5ccccc5OC(=O)C3C=C4)cc21. The van der Waals surface area contributed by atoms with Crippen LogP contribution < -0.4 is 9.64 Å². The molecule has 0 spiro atoms. The summed E-state index contributed by atoms with van der Waals surface area (Å²) in [5, 5.41) is 1.12. The van der Waals surface area contributed by atoms with Crippen LogP contribution in [0.2, 0.25) is 0 Å². The second kappa shape index (κ2) is 11.1. The van der Waals surface area contributed by atoms with Crippen LogP contribution in [0.25, 0.3) is 45.4 Å². The Labute approximate surface area is 297 Å². The second-order valence-corrected chi connectivity index (χ2v) is 14.1. The van der Waals surface area contributed by atoms with Gasteiger partial charge in [-0.2, -0.15) is 0 Å². The van der Waals surface area contributed by atoms with Crippen molar-refractivity contribution in [1.82, 2.24) is 4.57 Å². The van der Waals surface area contributed by atoms with Crippen LogP contribution in [0.4, 0.5) is 17.1 Å². The lowest BCUT2D eigenvalue weighted by Crippen LogP contribution is -2.25. The van der Waals surface area contributed by atoms with Crippen LogP contribution >= 0.6 is 0 Å². The van der Waals surface area contributed by atoms with Crippen molar-refractivity contribution in [2.75, 3.05) is 4.90 Å². The van der Waals surface area contributed by atoms with Gasteiger partial charge in [-0.25, -0.2) is 0 Å². The number of hydrogen-bond acceptors (Lipinski definition) is 3. The molecular formula is C47H34N2O2. The van der Waals surface area contributed by atoms with Crippen LogP contribution in [0, 0.1) is 5.92 Å². The molecule has 4 nitrogen and oxygen atoms in total. The molecule has 0 amide bonds. The summed E-state index contributed by atoms with van der Waals surface area (Å²) in [5.41, 5.74) is 14.5. The quantitative estimate of drug-likeness (QED) is 0.139. The molecule has 0 fully saturated rings. The average Bonchev–Trinajstić information content (AvgIpc) is 3.48. The Kier molecular flexibility index (Phi) is 6.40. The highest BCUT2D eigenvalue weighted by Crippen LogP contribution is 2.51. The summed E-state index contributed by atoms with van der Waals surface area (Å²) in [6, 6.07) is 51.4. The number of fused-ring (bicyclic) bond motifs is 9. The van der Waals surface area contributed by atoms with Gasteiger partial charge in [-0.15, -0.1) is 0 Å². The van der Waals surface area contributed by atoms with Crippen molar-refractivity contribution in [2.24, 2.45) is 5.92 Å². The van der Waals surface area contributed by atoms with E-state index in [0.717, 1.165) is 56.0 Å². The fraction of sp³-hybridized carbons (Fsp3) is 0.0851. The fourth-order valence-electron chi connectivity index (χ4n) is 8.49. The Hall–Kier alpha value is -6.39. The Morgan fingerprint density at radius 2 is 1.37 bits per heavy atom. The summed E-state index contributed by atoms with van der Waals surface area (Å²) < 4.78 is 8.16. The van der Waals surface area contributed by atoms with Gasteiger partial charge < -0.3 is 14.2 Å². The lowest BCUT2D eigenvalue weighted by atomic mass is 9.82. The van der Waals surface area contributed by atoms with Gasteiger partial charge in [0, 0.05) is 33.3 Å². The number of carbonyl (C=O) groups excluding carboxylic acids is 1. The first-order chi connectivity index (χ1) is 25.0. The summed E-state index contributed by atoms with van der Waals surface area (Å²) in [4.78, 5) is 15.7. The highest BCUT2D eigenvalue weighted by Gasteiger charge is 2.37. The first kappa shape index (κ1) is 29.5. The first-order valence-corrected chi connectivity index (χ1v) is 17.5. The van der Waals surface area contributed by atoms with Gasteiger partial charge in [-0.05, 0) is 88.5 Å². The number of ether oxygens (including phenoxy) is 1. The van der Waals surface area contributed by atoms with Crippen LogP contribution in [-0.2, 0) is 10.2 Å². The van der Waals surface area contributed by atoms with Crippen molar-refractivity contribution >= 4 is 51.7 Å². The molecule has 244 valence electrons. The van der Waals surface area contributed by atoms with Crippen LogP contribution in [0.5, 0.6) is 5.75 Å². The minimum absolute atomic E-state index is 0.132. The Morgan fingerprint density at radius 3 is 2.25 bits per heavy atom. The van der Waals surface area contributed by atoms with E-state index in [9.17, 15) is 4.79 Å². The zero-order chi connectivity index (χ0) is 34.3. The van der Waals surface area contributed by atoms with Crippen LogP contribution in [-0.4, -0.2) is 10.5 Å². The Bertz CT molecular complexity index is 2620. The molecule has 0 saturated carbocycles. The van der Waals surface area contributed by atoms with Crippen molar-refractivity contribution in [1.29, 1.82) is 0 Å². The first-order valence-electron chi connectivity index (χ1n) is 17.5. The second-order valence-electron chi connectivity index (χ2n) is 14.1. The third-order valence-electron chi connectivity index (χ3n) is 10.9. The van der Waals surface area contributed by atoms with Gasteiger partial charge >= 0.3 is 5.97 Å². The maximum absolute atomic E-state index is 13.4. The van der Waals surface area contributed by atoms with Gasteiger partial charge in [0.25, 0.3) is 0 Å². The maximum atomic E-state index is 13.4. The normalized spacial score (nSPS) is 16.2. The molecule has 1 aliphatic heterocycles. The lowest BCUT2D eigenvalue weighted by Gasteiger charge is -2.30. The van der Waals surface area contributed by atoms with E-state index in [1.165, 1.54) is 22.3 Å². The molecule has 51 heavy (non-hydrogen) atoms. The number of aromatic nitrogens is 1. The van der Waals surface area contributed by atoms with Crippen molar-refractivity contribution in [3.05, 3.63) is 180 Å². The minimum Gasteiger partial charge on any atom is -0.425 e. The van der Waals surface area contributed by atoms with E-state index in [0.29, 0.717) is 5.75 Å². The van der Waals surface area contributed by atoms with Crippen molar-refractivity contribution in [3.8, 4) is 22.6 Å². The van der Waals surface area contributed by atoms with Crippen LogP contribution in [0.15, 0.2) is 152 Å². The maximum Gasteiger partial charge on any atom is 0.322 e. The van der Waals surface area contributed by atoms with E-state index in [2.05, 4.69) is 157 Å². The minimum atomic E-state index is -0.491. The zero-order valence-corrected chi connectivity index (χ0v) is 28.4. The van der Waals surface area contributed by atoms with Crippen LogP contribution in [0.3, 0.4) is 0 Å². The molecule has 6 aromatic carbocycles. The van der Waals surface area contributed by atoms with E-state index in [-0.39, 0.29) is 11.4 Å². The highest BCUT2D eigenvalue weighted by atomic mass is 16.5. The van der Waals surface area contributed by atoms with Gasteiger partial charge in [0.15, 0.2) is 0 Å². The number of carbonyl (C=O) groups is 1. The van der Waals surface area contributed by atoms with E-state index in [4.69, 9.17) is 4.74 Å².